The number of halogens is 4. The second kappa shape index (κ2) is 9.98. The molecular formula is C23H26ClF3N2O3. The zero-order chi connectivity index (χ0) is 23.5. The normalized spacial score (nSPS) is 19.0. The molecule has 32 heavy (non-hydrogen) atoms. The van der Waals surface area contributed by atoms with Gasteiger partial charge in [-0.3, -0.25) is 4.79 Å². The van der Waals surface area contributed by atoms with E-state index in [1.165, 1.54) is 0 Å². The molecule has 9 heteroatoms. The van der Waals surface area contributed by atoms with Crippen LogP contribution in [0.5, 0.6) is 11.6 Å². The van der Waals surface area contributed by atoms with Crippen molar-refractivity contribution in [1.29, 1.82) is 0 Å². The van der Waals surface area contributed by atoms with Crippen LogP contribution in [0.1, 0.15) is 36.0 Å². The third-order valence-corrected chi connectivity index (χ3v) is 5.86. The Bertz CT molecular complexity index is 927. The van der Waals surface area contributed by atoms with Gasteiger partial charge >= 0.3 is 12.1 Å². The van der Waals surface area contributed by atoms with Gasteiger partial charge in [0.05, 0.1) is 5.02 Å². The number of carbonyl (C=O) groups is 1. The van der Waals surface area contributed by atoms with Crippen molar-refractivity contribution in [2.75, 3.05) is 26.3 Å². The van der Waals surface area contributed by atoms with Crippen molar-refractivity contribution >= 4 is 17.5 Å². The van der Waals surface area contributed by atoms with Crippen molar-refractivity contribution in [3.8, 4) is 11.6 Å². The van der Waals surface area contributed by atoms with Gasteiger partial charge in [0.15, 0.2) is 0 Å². The highest BCUT2D eigenvalue weighted by atomic mass is 35.5. The summed E-state index contributed by atoms with van der Waals surface area (Å²) in [5.74, 6) is -0.785. The van der Waals surface area contributed by atoms with E-state index in [0.717, 1.165) is 21.6 Å². The number of rotatable bonds is 6. The Balaban J connectivity index is 1.50. The molecule has 2 unspecified atom stereocenters. The molecule has 174 valence electrons. The van der Waals surface area contributed by atoms with Gasteiger partial charge in [-0.2, -0.15) is 13.2 Å². The maximum absolute atomic E-state index is 12.7. The summed E-state index contributed by atoms with van der Waals surface area (Å²) in [5.41, 5.74) is 2.93. The van der Waals surface area contributed by atoms with Gasteiger partial charge in [0, 0.05) is 25.4 Å². The van der Waals surface area contributed by atoms with Gasteiger partial charge in [-0.25, -0.2) is 4.98 Å². The fourth-order valence-electron chi connectivity index (χ4n) is 4.08. The highest BCUT2D eigenvalue weighted by Crippen LogP contribution is 2.34. The van der Waals surface area contributed by atoms with E-state index >= 15 is 0 Å². The first kappa shape index (κ1) is 24.2. The molecule has 2 heterocycles. The SMILES string of the molecule is Cc1cc(C)c(OCCOc2ccc(C3CCN(C(=O)C(F)(F)F)CC3C)cn2)c(Cl)c1. The molecule has 5 nitrogen and oxygen atoms in total. The van der Waals surface area contributed by atoms with Crippen LogP contribution >= 0.6 is 11.6 Å². The van der Waals surface area contributed by atoms with Crippen LogP contribution in [0.15, 0.2) is 30.5 Å². The first-order valence-electron chi connectivity index (χ1n) is 10.4. The Morgan fingerprint density at radius 3 is 2.53 bits per heavy atom. The number of alkyl halides is 3. The lowest BCUT2D eigenvalue weighted by molar-refractivity contribution is -0.187. The second-order valence-electron chi connectivity index (χ2n) is 8.14. The number of aryl methyl sites for hydroxylation is 2. The van der Waals surface area contributed by atoms with Crippen LogP contribution in [-0.4, -0.2) is 48.3 Å². The summed E-state index contributed by atoms with van der Waals surface area (Å²) in [6, 6.07) is 7.44. The number of hydrogen-bond donors (Lipinski definition) is 0. The summed E-state index contributed by atoms with van der Waals surface area (Å²) in [6.07, 6.45) is -2.70. The molecule has 1 aromatic heterocycles. The van der Waals surface area contributed by atoms with Crippen LogP contribution in [0.4, 0.5) is 13.2 Å². The van der Waals surface area contributed by atoms with Crippen LogP contribution in [0, 0.1) is 19.8 Å². The monoisotopic (exact) mass is 470 g/mol. The van der Waals surface area contributed by atoms with Crippen molar-refractivity contribution in [1.82, 2.24) is 9.88 Å². The summed E-state index contributed by atoms with van der Waals surface area (Å²) in [7, 11) is 0. The van der Waals surface area contributed by atoms with E-state index in [1.54, 1.807) is 12.3 Å². The fraction of sp³-hybridized carbons (Fsp3) is 0.478. The largest absolute Gasteiger partial charge is 0.488 e. The Morgan fingerprint density at radius 1 is 1.22 bits per heavy atom. The van der Waals surface area contributed by atoms with Crippen molar-refractivity contribution in [2.24, 2.45) is 5.92 Å². The minimum Gasteiger partial charge on any atom is -0.488 e. The van der Waals surface area contributed by atoms with Crippen LogP contribution in [-0.2, 0) is 4.79 Å². The molecule has 0 N–H and O–H groups in total. The van der Waals surface area contributed by atoms with Gasteiger partial charge < -0.3 is 14.4 Å². The quantitative estimate of drug-likeness (QED) is 0.536. The van der Waals surface area contributed by atoms with Gasteiger partial charge in [-0.05, 0) is 54.9 Å². The van der Waals surface area contributed by atoms with E-state index in [2.05, 4.69) is 4.98 Å². The van der Waals surface area contributed by atoms with Crippen molar-refractivity contribution in [3.63, 3.8) is 0 Å². The third-order valence-electron chi connectivity index (χ3n) is 5.58. The van der Waals surface area contributed by atoms with Crippen LogP contribution in [0.2, 0.25) is 5.02 Å². The number of nitrogens with zero attached hydrogens (tertiary/aromatic N) is 2. The number of amides is 1. The molecule has 2 aromatic rings. The number of hydrogen-bond acceptors (Lipinski definition) is 4. The maximum Gasteiger partial charge on any atom is 0.471 e. The minimum absolute atomic E-state index is 0.0313. The molecule has 3 rings (SSSR count). The summed E-state index contributed by atoms with van der Waals surface area (Å²) < 4.78 is 49.4. The average Bonchev–Trinajstić information content (AvgIpc) is 2.72. The minimum atomic E-state index is -4.83. The average molecular weight is 471 g/mol. The third kappa shape index (κ3) is 5.85. The molecule has 0 bridgehead atoms. The van der Waals surface area contributed by atoms with Crippen LogP contribution in [0.25, 0.3) is 0 Å². The van der Waals surface area contributed by atoms with E-state index in [9.17, 15) is 18.0 Å². The number of piperidine rings is 1. The molecule has 1 aliphatic rings. The molecule has 1 fully saturated rings. The van der Waals surface area contributed by atoms with Gasteiger partial charge in [-0.15, -0.1) is 0 Å². The number of pyridine rings is 1. The molecular weight excluding hydrogens is 445 g/mol. The standard InChI is InChI=1S/C23H26ClF3N2O3/c1-14-10-15(2)21(19(24)11-14)32-9-8-31-20-5-4-17(12-28-20)18-6-7-29(13-16(18)3)22(30)23(25,26)27/h4-5,10-12,16,18H,6-9,13H2,1-3H3. The second-order valence-corrected chi connectivity index (χ2v) is 8.55. The van der Waals surface area contributed by atoms with Crippen molar-refractivity contribution in [2.45, 2.75) is 39.3 Å². The zero-order valence-corrected chi connectivity index (χ0v) is 19.0. The molecule has 0 aliphatic carbocycles. The van der Waals surface area contributed by atoms with E-state index in [0.29, 0.717) is 29.7 Å². The predicted molar refractivity (Wildman–Crippen MR) is 115 cm³/mol. The number of benzene rings is 1. The Morgan fingerprint density at radius 2 is 1.94 bits per heavy atom. The molecule has 2 atom stereocenters. The Labute approximate surface area is 190 Å². The number of carbonyl (C=O) groups excluding carboxylic acids is 1. The number of likely N-dealkylation sites (tertiary alicyclic amines) is 1. The first-order valence-corrected chi connectivity index (χ1v) is 10.8. The van der Waals surface area contributed by atoms with Crippen LogP contribution < -0.4 is 9.47 Å². The van der Waals surface area contributed by atoms with Crippen molar-refractivity contribution in [3.05, 3.63) is 52.2 Å². The van der Waals surface area contributed by atoms with E-state index in [-0.39, 0.29) is 31.5 Å². The van der Waals surface area contributed by atoms with Crippen LogP contribution in [0.3, 0.4) is 0 Å². The molecule has 0 saturated carbocycles. The molecule has 1 aliphatic heterocycles. The van der Waals surface area contributed by atoms with E-state index in [1.807, 2.05) is 39.0 Å². The Hall–Kier alpha value is -2.48. The molecule has 1 amide bonds. The summed E-state index contributed by atoms with van der Waals surface area (Å²) in [4.78, 5) is 16.7. The topological polar surface area (TPSA) is 51.7 Å². The summed E-state index contributed by atoms with van der Waals surface area (Å²) in [5, 5.41) is 0.557. The van der Waals surface area contributed by atoms with Gasteiger partial charge in [-0.1, -0.05) is 30.7 Å². The predicted octanol–water partition coefficient (Wildman–Crippen LogP) is 5.32. The van der Waals surface area contributed by atoms with Gasteiger partial charge in [0.25, 0.3) is 0 Å². The van der Waals surface area contributed by atoms with Gasteiger partial charge in [0.1, 0.15) is 19.0 Å². The van der Waals surface area contributed by atoms with E-state index < -0.39 is 12.1 Å². The Kier molecular flexibility index (Phi) is 7.54. The maximum atomic E-state index is 12.7. The highest BCUT2D eigenvalue weighted by Gasteiger charge is 2.44. The molecule has 1 aromatic carbocycles. The summed E-state index contributed by atoms with van der Waals surface area (Å²) >= 11 is 6.23. The smallest absolute Gasteiger partial charge is 0.471 e. The number of aromatic nitrogens is 1. The first-order chi connectivity index (χ1) is 15.1. The fourth-order valence-corrected chi connectivity index (χ4v) is 4.45. The van der Waals surface area contributed by atoms with E-state index in [4.69, 9.17) is 21.1 Å². The molecule has 1 saturated heterocycles. The highest BCUT2D eigenvalue weighted by molar-refractivity contribution is 6.32. The summed E-state index contributed by atoms with van der Waals surface area (Å²) in [6.45, 7) is 6.47. The van der Waals surface area contributed by atoms with Crippen molar-refractivity contribution < 1.29 is 27.4 Å². The van der Waals surface area contributed by atoms with Gasteiger partial charge in [0.2, 0.25) is 5.88 Å². The molecule has 0 radical (unpaired) electrons. The lowest BCUT2D eigenvalue weighted by Crippen LogP contribution is -2.47. The molecule has 0 spiro atoms. The zero-order valence-electron chi connectivity index (χ0n) is 18.2. The number of ether oxygens (including phenoxy) is 2. The lowest BCUT2D eigenvalue weighted by Gasteiger charge is -2.37. The lowest BCUT2D eigenvalue weighted by atomic mass is 9.82.